The van der Waals surface area contributed by atoms with Crippen LogP contribution in [0, 0.1) is 5.92 Å². The zero-order chi connectivity index (χ0) is 13.0. The molecule has 1 aliphatic rings. The Morgan fingerprint density at radius 1 is 1.45 bits per heavy atom. The van der Waals surface area contributed by atoms with Crippen molar-refractivity contribution in [3.05, 3.63) is 16.1 Å². The zero-order valence-corrected chi connectivity index (χ0v) is 14.8. The maximum Gasteiger partial charge on any atom is 0.0928 e. The molecule has 1 fully saturated rings. The van der Waals surface area contributed by atoms with Gasteiger partial charge in [0.05, 0.1) is 10.7 Å². The standard InChI is InChI=1S/C14H25N3S.2ClH/c1-3-4-14-16-12(10-18-14)9-17-6-5-11(2)7-13(17)8-15;;/h10-11,13H,3-9,15H2,1-2H3;2*1H. The minimum absolute atomic E-state index is 0. The average Bonchev–Trinajstić information content (AvgIpc) is 2.79. The van der Waals surface area contributed by atoms with E-state index < -0.39 is 0 Å². The van der Waals surface area contributed by atoms with Gasteiger partial charge in [0.25, 0.3) is 0 Å². The minimum Gasteiger partial charge on any atom is -0.329 e. The summed E-state index contributed by atoms with van der Waals surface area (Å²) in [6, 6.07) is 0.546. The molecule has 1 aromatic heterocycles. The molecule has 2 N–H and O–H groups in total. The molecule has 2 atom stereocenters. The Kier molecular flexibility index (Phi) is 10.0. The molecule has 1 aromatic rings. The van der Waals surface area contributed by atoms with Gasteiger partial charge in [0, 0.05) is 24.5 Å². The summed E-state index contributed by atoms with van der Waals surface area (Å²) in [5, 5.41) is 3.50. The van der Waals surface area contributed by atoms with Gasteiger partial charge in [0.2, 0.25) is 0 Å². The summed E-state index contributed by atoms with van der Waals surface area (Å²) in [7, 11) is 0. The third-order valence-electron chi connectivity index (χ3n) is 3.80. The predicted molar refractivity (Wildman–Crippen MR) is 92.3 cm³/mol. The van der Waals surface area contributed by atoms with Crippen LogP contribution in [0.5, 0.6) is 0 Å². The van der Waals surface area contributed by atoms with Crippen LogP contribution < -0.4 is 5.73 Å². The van der Waals surface area contributed by atoms with E-state index in [1.54, 1.807) is 11.3 Å². The fourth-order valence-corrected chi connectivity index (χ4v) is 3.60. The van der Waals surface area contributed by atoms with Gasteiger partial charge in [-0.05, 0) is 38.1 Å². The van der Waals surface area contributed by atoms with Crippen LogP contribution in [0.25, 0.3) is 0 Å². The van der Waals surface area contributed by atoms with Crippen molar-refractivity contribution >= 4 is 36.2 Å². The van der Waals surface area contributed by atoms with Gasteiger partial charge < -0.3 is 5.73 Å². The molecule has 1 aliphatic heterocycles. The SMILES string of the molecule is CCCc1nc(CN2CCC(C)CC2CN)cs1.Cl.Cl. The van der Waals surface area contributed by atoms with E-state index in [-0.39, 0.29) is 24.8 Å². The lowest BCUT2D eigenvalue weighted by Gasteiger charge is -2.37. The van der Waals surface area contributed by atoms with Gasteiger partial charge in [-0.15, -0.1) is 36.2 Å². The predicted octanol–water partition coefficient (Wildman–Crippen LogP) is 3.50. The van der Waals surface area contributed by atoms with Crippen LogP contribution in [0.3, 0.4) is 0 Å². The van der Waals surface area contributed by atoms with Crippen LogP contribution in [0.15, 0.2) is 5.38 Å². The smallest absolute Gasteiger partial charge is 0.0928 e. The summed E-state index contributed by atoms with van der Waals surface area (Å²) in [6.07, 6.45) is 4.83. The summed E-state index contributed by atoms with van der Waals surface area (Å²) < 4.78 is 0. The lowest BCUT2D eigenvalue weighted by atomic mass is 9.92. The molecule has 2 unspecified atom stereocenters. The van der Waals surface area contributed by atoms with Crippen molar-refractivity contribution in [2.24, 2.45) is 11.7 Å². The summed E-state index contributed by atoms with van der Waals surface area (Å²) in [4.78, 5) is 7.24. The first-order chi connectivity index (χ1) is 8.72. The first-order valence-electron chi connectivity index (χ1n) is 7.10. The molecule has 0 bridgehead atoms. The lowest BCUT2D eigenvalue weighted by Crippen LogP contribution is -2.45. The Bertz CT molecular complexity index is 373. The van der Waals surface area contributed by atoms with Crippen molar-refractivity contribution in [3.8, 4) is 0 Å². The summed E-state index contributed by atoms with van der Waals surface area (Å²) in [6.45, 7) is 7.47. The molecule has 2 heterocycles. The van der Waals surface area contributed by atoms with E-state index in [1.165, 1.54) is 36.5 Å². The molecule has 20 heavy (non-hydrogen) atoms. The highest BCUT2D eigenvalue weighted by molar-refractivity contribution is 7.09. The van der Waals surface area contributed by atoms with Gasteiger partial charge in [-0.1, -0.05) is 13.8 Å². The van der Waals surface area contributed by atoms with E-state index in [0.717, 1.165) is 25.4 Å². The molecular weight excluding hydrogens is 313 g/mol. The Morgan fingerprint density at radius 2 is 2.20 bits per heavy atom. The second-order valence-electron chi connectivity index (χ2n) is 5.47. The molecule has 0 aliphatic carbocycles. The molecule has 1 saturated heterocycles. The number of likely N-dealkylation sites (tertiary alicyclic amines) is 1. The molecule has 0 spiro atoms. The average molecular weight is 340 g/mol. The Labute approximate surface area is 139 Å². The topological polar surface area (TPSA) is 42.2 Å². The maximum absolute atomic E-state index is 5.90. The molecule has 0 aromatic carbocycles. The van der Waals surface area contributed by atoms with Crippen molar-refractivity contribution in [3.63, 3.8) is 0 Å². The van der Waals surface area contributed by atoms with Crippen LogP contribution in [0.1, 0.15) is 43.8 Å². The fourth-order valence-electron chi connectivity index (χ4n) is 2.71. The van der Waals surface area contributed by atoms with Gasteiger partial charge in [-0.2, -0.15) is 0 Å². The minimum atomic E-state index is 0. The maximum atomic E-state index is 5.90. The molecule has 3 nitrogen and oxygen atoms in total. The second kappa shape index (κ2) is 9.96. The van der Waals surface area contributed by atoms with Gasteiger partial charge in [-0.25, -0.2) is 4.98 Å². The second-order valence-corrected chi connectivity index (χ2v) is 6.41. The number of aryl methyl sites for hydroxylation is 1. The highest BCUT2D eigenvalue weighted by Gasteiger charge is 2.25. The number of piperidine rings is 1. The number of thiazole rings is 1. The van der Waals surface area contributed by atoms with Crippen LogP contribution in [0.4, 0.5) is 0 Å². The number of rotatable bonds is 5. The molecule has 6 heteroatoms. The van der Waals surface area contributed by atoms with Crippen LogP contribution in [0.2, 0.25) is 0 Å². The largest absolute Gasteiger partial charge is 0.329 e. The van der Waals surface area contributed by atoms with E-state index in [1.807, 2.05) is 0 Å². The van der Waals surface area contributed by atoms with Crippen molar-refractivity contribution in [2.75, 3.05) is 13.1 Å². The number of nitrogens with zero attached hydrogens (tertiary/aromatic N) is 2. The molecule has 0 saturated carbocycles. The molecule has 0 amide bonds. The summed E-state index contributed by atoms with van der Waals surface area (Å²) in [5.41, 5.74) is 7.14. The van der Waals surface area contributed by atoms with Gasteiger partial charge in [-0.3, -0.25) is 4.90 Å². The van der Waals surface area contributed by atoms with Crippen LogP contribution in [-0.2, 0) is 13.0 Å². The van der Waals surface area contributed by atoms with Crippen LogP contribution in [-0.4, -0.2) is 29.0 Å². The lowest BCUT2D eigenvalue weighted by molar-refractivity contribution is 0.114. The first-order valence-corrected chi connectivity index (χ1v) is 7.98. The Morgan fingerprint density at radius 3 is 2.85 bits per heavy atom. The van der Waals surface area contributed by atoms with E-state index >= 15 is 0 Å². The van der Waals surface area contributed by atoms with Crippen molar-refractivity contribution in [2.45, 2.75) is 52.1 Å². The van der Waals surface area contributed by atoms with Gasteiger partial charge >= 0.3 is 0 Å². The fraction of sp³-hybridized carbons (Fsp3) is 0.786. The van der Waals surface area contributed by atoms with Gasteiger partial charge in [0.15, 0.2) is 0 Å². The van der Waals surface area contributed by atoms with E-state index in [2.05, 4.69) is 24.1 Å². The first kappa shape index (κ1) is 20.1. The number of nitrogens with two attached hydrogens (primary N) is 1. The summed E-state index contributed by atoms with van der Waals surface area (Å²) >= 11 is 1.80. The monoisotopic (exact) mass is 339 g/mol. The molecule has 118 valence electrons. The zero-order valence-electron chi connectivity index (χ0n) is 12.4. The summed E-state index contributed by atoms with van der Waals surface area (Å²) in [5.74, 6) is 0.820. The Balaban J connectivity index is 0.00000180. The third kappa shape index (κ3) is 5.49. The normalized spacial score (nSPS) is 22.9. The number of halogens is 2. The number of hydrogen-bond donors (Lipinski definition) is 1. The highest BCUT2D eigenvalue weighted by atomic mass is 35.5. The highest BCUT2D eigenvalue weighted by Crippen LogP contribution is 2.24. The van der Waals surface area contributed by atoms with Crippen molar-refractivity contribution in [1.29, 1.82) is 0 Å². The van der Waals surface area contributed by atoms with E-state index in [0.29, 0.717) is 6.04 Å². The van der Waals surface area contributed by atoms with Gasteiger partial charge in [0.1, 0.15) is 0 Å². The quantitative estimate of drug-likeness (QED) is 0.892. The van der Waals surface area contributed by atoms with Crippen molar-refractivity contribution < 1.29 is 0 Å². The van der Waals surface area contributed by atoms with E-state index in [9.17, 15) is 0 Å². The molecule has 0 radical (unpaired) electrons. The number of hydrogen-bond acceptors (Lipinski definition) is 4. The van der Waals surface area contributed by atoms with E-state index in [4.69, 9.17) is 10.7 Å². The Hall–Kier alpha value is 0.130. The third-order valence-corrected chi connectivity index (χ3v) is 4.76. The number of aromatic nitrogens is 1. The molecule has 2 rings (SSSR count). The van der Waals surface area contributed by atoms with Crippen molar-refractivity contribution in [1.82, 2.24) is 9.88 Å². The molecular formula is C14H27Cl2N3S. The van der Waals surface area contributed by atoms with Crippen LogP contribution >= 0.6 is 36.2 Å².